The van der Waals surface area contributed by atoms with Gasteiger partial charge in [-0.1, -0.05) is 0 Å². The molecule has 12 heavy (non-hydrogen) atoms. The molecule has 0 amide bonds. The standard InChI is InChI=1S/Mo.3H3N.7O.V/h;3*1H3;;;;;;;;/q;;;;;;;;3*-1;/p+3. The summed E-state index contributed by atoms with van der Waals surface area (Å²) in [6.45, 7) is 0. The molecule has 12 heteroatoms. The molecule has 0 saturated heterocycles. The molecule has 0 rings (SSSR count). The Balaban J connectivity index is -0.0000000221. The summed E-state index contributed by atoms with van der Waals surface area (Å²) < 4.78 is 60.2. The van der Waals surface area contributed by atoms with Crippen LogP contribution < -0.4 is 30.0 Å². The van der Waals surface area contributed by atoms with Crippen molar-refractivity contribution in [2.24, 2.45) is 0 Å². The van der Waals surface area contributed by atoms with Crippen molar-refractivity contribution >= 4 is 0 Å². The Labute approximate surface area is 76.4 Å². The van der Waals surface area contributed by atoms with Gasteiger partial charge in [0.05, 0.1) is 0 Å². The quantitative estimate of drug-likeness (QED) is 0.392. The van der Waals surface area contributed by atoms with Gasteiger partial charge in [0.15, 0.2) is 0 Å². The fraction of sp³-hybridized carbons (Fsp3) is 0. The Kier molecular flexibility index (Phi) is 33.9. The van der Waals surface area contributed by atoms with Crippen LogP contribution in [0.25, 0.3) is 0 Å². The maximum absolute atomic E-state index is 8.63. The summed E-state index contributed by atoms with van der Waals surface area (Å²) in [5.74, 6) is 0. The van der Waals surface area contributed by atoms with Crippen LogP contribution in [0.5, 0.6) is 0 Å². The van der Waals surface area contributed by atoms with Crippen LogP contribution >= 0.6 is 0 Å². The molecule has 0 aromatic rings. The van der Waals surface area contributed by atoms with E-state index in [2.05, 4.69) is 0 Å². The molecule has 0 spiro atoms. The molecule has 0 heterocycles. The second-order valence-corrected chi connectivity index (χ2v) is 3.34. The second-order valence-electron chi connectivity index (χ2n) is 0.632. The topological polar surface area (TPSA) is 247 Å². The molecule has 0 radical (unpaired) electrons. The van der Waals surface area contributed by atoms with E-state index in [9.17, 15) is 0 Å². The minimum atomic E-state index is -6.02. The van der Waals surface area contributed by atoms with Crippen molar-refractivity contribution in [2.75, 3.05) is 0 Å². The van der Waals surface area contributed by atoms with Gasteiger partial charge in [-0.3, -0.25) is 0 Å². The molecule has 80 valence electrons. The van der Waals surface area contributed by atoms with Crippen molar-refractivity contribution < 1.29 is 57.8 Å². The van der Waals surface area contributed by atoms with Gasteiger partial charge < -0.3 is 18.5 Å². The number of hydrogen-bond acceptors (Lipinski definition) is 7. The van der Waals surface area contributed by atoms with Gasteiger partial charge in [-0.25, -0.2) is 0 Å². The van der Waals surface area contributed by atoms with Gasteiger partial charge in [0.2, 0.25) is 0 Å². The van der Waals surface area contributed by atoms with Gasteiger partial charge in [-0.15, -0.1) is 0 Å². The van der Waals surface area contributed by atoms with Crippen LogP contribution in [0.3, 0.4) is 0 Å². The molecule has 0 unspecified atom stereocenters. The average molecular weight is 313 g/mol. The molecule has 0 aromatic heterocycles. The van der Waals surface area contributed by atoms with Crippen LogP contribution in [0.2, 0.25) is 0 Å². The first-order valence-electron chi connectivity index (χ1n) is 1.21. The molecule has 0 bridgehead atoms. The first kappa shape index (κ1) is 29.5. The van der Waals surface area contributed by atoms with Crippen molar-refractivity contribution in [1.82, 2.24) is 18.5 Å². The van der Waals surface area contributed by atoms with E-state index in [0.717, 1.165) is 0 Å². The summed E-state index contributed by atoms with van der Waals surface area (Å²) in [6, 6.07) is 0. The molecule has 0 saturated carbocycles. The zero-order chi connectivity index (χ0) is 8.08. The number of hydrogen-bond donors (Lipinski definition) is 3. The number of rotatable bonds is 0. The molecule has 0 atom stereocenters. The molecule has 0 aliphatic heterocycles. The Bertz CT molecular complexity index is 199. The summed E-state index contributed by atoms with van der Waals surface area (Å²) >= 11 is -9.96. The van der Waals surface area contributed by atoms with Crippen molar-refractivity contribution in [1.29, 1.82) is 0 Å². The fourth-order valence-corrected chi connectivity index (χ4v) is 0. The molecule has 10 nitrogen and oxygen atoms in total. The van der Waals surface area contributed by atoms with Crippen LogP contribution in [-0.4, -0.2) is 0 Å². The first-order valence-corrected chi connectivity index (χ1v) is 6.20. The molecule has 0 aromatic carbocycles. The molecule has 12 N–H and O–H groups in total. The van der Waals surface area contributed by atoms with Gasteiger partial charge in [-0.05, 0) is 0 Å². The van der Waals surface area contributed by atoms with Crippen LogP contribution in [0.1, 0.15) is 0 Å². The van der Waals surface area contributed by atoms with Crippen molar-refractivity contribution in [3.05, 3.63) is 0 Å². The summed E-state index contributed by atoms with van der Waals surface area (Å²) in [5.41, 5.74) is 0. The Morgan fingerprint density at radius 3 is 0.917 bits per heavy atom. The van der Waals surface area contributed by atoms with Gasteiger partial charge in [0.1, 0.15) is 0 Å². The van der Waals surface area contributed by atoms with E-state index in [0.29, 0.717) is 0 Å². The van der Waals surface area contributed by atoms with E-state index >= 15 is 0 Å². The molecular weight excluding hydrogens is 301 g/mol. The second kappa shape index (κ2) is 13.8. The summed E-state index contributed by atoms with van der Waals surface area (Å²) in [7, 11) is 0. The van der Waals surface area contributed by atoms with Gasteiger partial charge in [0.25, 0.3) is 0 Å². The monoisotopic (exact) mass is 315 g/mol. The van der Waals surface area contributed by atoms with Gasteiger partial charge >= 0.3 is 57.8 Å². The van der Waals surface area contributed by atoms with Crippen molar-refractivity contribution in [2.45, 2.75) is 0 Å². The van der Waals surface area contributed by atoms with Crippen molar-refractivity contribution in [3.63, 3.8) is 0 Å². The minimum absolute atomic E-state index is 0. The average Bonchev–Trinajstić information content (AvgIpc) is 1.19. The molecular formula is H12MoN3O7V. The molecule has 0 aliphatic carbocycles. The first-order chi connectivity index (χ1) is 3.73. The third-order valence-corrected chi connectivity index (χ3v) is 0. The summed E-state index contributed by atoms with van der Waals surface area (Å²) in [6.07, 6.45) is 0. The zero-order valence-electron chi connectivity index (χ0n) is 6.71. The zero-order valence-corrected chi connectivity index (χ0v) is 10.1. The Hall–Kier alpha value is 0.233. The third kappa shape index (κ3) is 16100. The predicted molar refractivity (Wildman–Crippen MR) is 20.7 cm³/mol. The van der Waals surface area contributed by atoms with Crippen LogP contribution in [-0.2, 0) is 46.3 Å². The van der Waals surface area contributed by atoms with Crippen LogP contribution in [0.4, 0.5) is 0 Å². The Morgan fingerprint density at radius 2 is 0.917 bits per heavy atom. The normalized spacial score (nSPS) is 6.92. The van der Waals surface area contributed by atoms with E-state index in [1.807, 2.05) is 0 Å². The van der Waals surface area contributed by atoms with E-state index in [1.165, 1.54) is 0 Å². The SMILES string of the molecule is [NH4+].[NH4+].[NH4+].[O]=[Mo](=[O])([O-])[O-].[O]=[V](=[O])[O-]. The molecule has 0 aliphatic rings. The van der Waals surface area contributed by atoms with Gasteiger partial charge in [-0.2, -0.15) is 0 Å². The maximum atomic E-state index is 8.63. The van der Waals surface area contributed by atoms with E-state index in [-0.39, 0.29) is 18.5 Å². The van der Waals surface area contributed by atoms with Crippen molar-refractivity contribution in [3.8, 4) is 0 Å². The van der Waals surface area contributed by atoms with E-state index < -0.39 is 32.1 Å². The molecule has 0 fully saturated rings. The van der Waals surface area contributed by atoms with E-state index in [1.54, 1.807) is 0 Å². The summed E-state index contributed by atoms with van der Waals surface area (Å²) in [4.78, 5) is 0. The number of quaternary nitrogens is 3. The third-order valence-electron chi connectivity index (χ3n) is 0. The van der Waals surface area contributed by atoms with Gasteiger partial charge in [0, 0.05) is 0 Å². The Morgan fingerprint density at radius 1 is 0.917 bits per heavy atom. The summed E-state index contributed by atoms with van der Waals surface area (Å²) in [5, 5.41) is 0. The van der Waals surface area contributed by atoms with Crippen LogP contribution in [0, 0.1) is 0 Å². The van der Waals surface area contributed by atoms with Crippen LogP contribution in [0.15, 0.2) is 0 Å². The predicted octanol–water partition coefficient (Wildman–Crippen LogP) is -2.92. The van der Waals surface area contributed by atoms with E-state index in [4.69, 9.17) is 25.7 Å². The fourth-order valence-electron chi connectivity index (χ4n) is 0.